The first-order valence-electron chi connectivity index (χ1n) is 18.5. The summed E-state index contributed by atoms with van der Waals surface area (Å²) < 4.78 is 14.6. The molecule has 5 N–H and O–H groups in total. The van der Waals surface area contributed by atoms with E-state index in [2.05, 4.69) is 44.0 Å². The van der Waals surface area contributed by atoms with E-state index in [-0.39, 0.29) is 24.5 Å². The molecule has 1 saturated heterocycles. The molecule has 282 valence electrons. The van der Waals surface area contributed by atoms with Gasteiger partial charge in [-0.25, -0.2) is 4.79 Å². The Hall–Kier alpha value is -5.14. The van der Waals surface area contributed by atoms with Crippen molar-refractivity contribution in [2.45, 2.75) is 71.1 Å². The Morgan fingerprint density at radius 2 is 1.85 bits per heavy atom. The maximum Gasteiger partial charge on any atom is 0.320 e. The number of nitrogens with zero attached hydrogens (tertiary/aromatic N) is 5. The molecule has 13 nitrogen and oxygen atoms in total. The second-order valence-electron chi connectivity index (χ2n) is 14.9. The van der Waals surface area contributed by atoms with Crippen LogP contribution in [0, 0.1) is 10.8 Å². The average molecular weight is 724 g/mol. The van der Waals surface area contributed by atoms with Crippen molar-refractivity contribution < 1.29 is 19.4 Å². The molecule has 2 aliphatic rings. The van der Waals surface area contributed by atoms with Crippen LogP contribution in [0.2, 0.25) is 0 Å². The molecule has 0 saturated carbocycles. The molecule has 1 aliphatic heterocycles. The predicted octanol–water partition coefficient (Wildman–Crippen LogP) is 6.29. The molecule has 3 atom stereocenters. The third-order valence-electron chi connectivity index (χ3n) is 10.0. The second kappa shape index (κ2) is 16.7. The summed E-state index contributed by atoms with van der Waals surface area (Å²) in [5.74, 6) is 2.55. The van der Waals surface area contributed by atoms with Crippen LogP contribution in [0.25, 0.3) is 5.65 Å². The van der Waals surface area contributed by atoms with Gasteiger partial charge in [-0.2, -0.15) is 0 Å². The normalized spacial score (nSPS) is 19.1. The van der Waals surface area contributed by atoms with Gasteiger partial charge in [0, 0.05) is 48.1 Å². The Morgan fingerprint density at radius 3 is 2.62 bits per heavy atom. The first kappa shape index (κ1) is 37.6. The van der Waals surface area contributed by atoms with Gasteiger partial charge in [0.2, 0.25) is 5.95 Å². The molecule has 1 aliphatic carbocycles. The molecule has 6 rings (SSSR count). The van der Waals surface area contributed by atoms with Crippen molar-refractivity contribution in [1.82, 2.24) is 30.1 Å². The van der Waals surface area contributed by atoms with E-state index in [4.69, 9.17) is 14.9 Å². The summed E-state index contributed by atoms with van der Waals surface area (Å²) in [6.07, 6.45) is 8.17. The van der Waals surface area contributed by atoms with Crippen LogP contribution in [-0.2, 0) is 0 Å². The summed E-state index contributed by atoms with van der Waals surface area (Å²) in [6.45, 7) is 7.83. The molecule has 13 heteroatoms. The number of fused-ring (bicyclic) bond motifs is 2. The Labute approximate surface area is 311 Å². The lowest BCUT2D eigenvalue weighted by Gasteiger charge is -2.33. The van der Waals surface area contributed by atoms with E-state index >= 15 is 0 Å². The predicted molar refractivity (Wildman–Crippen MR) is 208 cm³/mol. The van der Waals surface area contributed by atoms with Crippen LogP contribution in [-0.4, -0.2) is 82.8 Å². The molecular weight excluding hydrogens is 670 g/mol. The van der Waals surface area contributed by atoms with Gasteiger partial charge >= 0.3 is 6.03 Å². The van der Waals surface area contributed by atoms with E-state index in [0.29, 0.717) is 42.7 Å². The average Bonchev–Trinajstić information content (AvgIpc) is 3.56. The number of aliphatic hydroxyl groups is 1. The molecule has 1 fully saturated rings. The van der Waals surface area contributed by atoms with Crippen LogP contribution in [0.4, 0.5) is 16.4 Å². The summed E-state index contributed by atoms with van der Waals surface area (Å²) >= 11 is 0. The number of carbonyl (C=O) groups is 1. The lowest BCUT2D eigenvalue weighted by atomic mass is 9.85. The number of carbonyl (C=O) groups excluding carboxylic acids is 1. The first-order valence-corrected chi connectivity index (χ1v) is 18.5. The van der Waals surface area contributed by atoms with Crippen LogP contribution in [0.5, 0.6) is 11.5 Å². The number of hydrogen-bond donors (Lipinski definition) is 5. The molecule has 53 heavy (non-hydrogen) atoms. The minimum absolute atomic E-state index is 0.159. The van der Waals surface area contributed by atoms with Gasteiger partial charge in [0.25, 0.3) is 0 Å². The fourth-order valence-electron chi connectivity index (χ4n) is 6.72. The largest absolute Gasteiger partial charge is 0.492 e. The number of amides is 2. The fraction of sp³-hybridized carbons (Fsp3) is 0.450. The quantitative estimate of drug-likeness (QED) is 0.0945. The molecule has 3 heterocycles. The van der Waals surface area contributed by atoms with E-state index in [1.807, 2.05) is 84.2 Å². The van der Waals surface area contributed by atoms with E-state index in [9.17, 15) is 9.90 Å². The minimum Gasteiger partial charge on any atom is -0.492 e. The van der Waals surface area contributed by atoms with Crippen molar-refractivity contribution in [3.05, 3.63) is 89.9 Å². The van der Waals surface area contributed by atoms with Crippen LogP contribution in [0.1, 0.15) is 76.1 Å². The SMILES string of the molecule is C[C@H]1CCCCN1c1nnc2ccc(O[C@@H]3CC[C@H](NC(=O)N/C(=C/C(=N)C(C)(C)CO)Nc4cccc(OCCN(C)C)c4)c4ccccc43)cn12. The van der Waals surface area contributed by atoms with Crippen molar-refractivity contribution in [2.75, 3.05) is 50.6 Å². The number of piperidine rings is 1. The minimum atomic E-state index is -0.814. The topological polar surface area (TPSA) is 152 Å². The number of rotatable bonds is 14. The van der Waals surface area contributed by atoms with Gasteiger partial charge in [-0.3, -0.25) is 9.72 Å². The zero-order chi connectivity index (χ0) is 37.5. The number of aliphatic hydroxyl groups excluding tert-OH is 1. The number of pyridine rings is 1. The van der Waals surface area contributed by atoms with Crippen molar-refractivity contribution in [3.8, 4) is 11.5 Å². The Morgan fingerprint density at radius 1 is 1.04 bits per heavy atom. The van der Waals surface area contributed by atoms with Crippen molar-refractivity contribution in [2.24, 2.45) is 5.41 Å². The molecule has 0 radical (unpaired) electrons. The maximum atomic E-state index is 13.6. The lowest BCUT2D eigenvalue weighted by molar-refractivity contribution is 0.171. The highest BCUT2D eigenvalue weighted by Gasteiger charge is 2.30. The number of ether oxygens (including phenoxy) is 2. The molecule has 0 bridgehead atoms. The first-order chi connectivity index (χ1) is 25.5. The maximum absolute atomic E-state index is 13.6. The number of urea groups is 1. The number of aromatic nitrogens is 3. The van der Waals surface area contributed by atoms with Gasteiger partial charge in [-0.05, 0) is 88.5 Å². The van der Waals surface area contributed by atoms with Gasteiger partial charge in [0.05, 0.1) is 18.8 Å². The van der Waals surface area contributed by atoms with Crippen LogP contribution >= 0.6 is 0 Å². The van der Waals surface area contributed by atoms with Gasteiger partial charge in [0.15, 0.2) is 5.65 Å². The lowest BCUT2D eigenvalue weighted by Crippen LogP contribution is -2.41. The summed E-state index contributed by atoms with van der Waals surface area (Å²) in [6, 6.07) is 19.1. The second-order valence-corrected chi connectivity index (χ2v) is 14.9. The number of allylic oxidation sites excluding steroid dienone is 1. The van der Waals surface area contributed by atoms with Gasteiger partial charge < -0.3 is 40.4 Å². The number of anilines is 2. The van der Waals surface area contributed by atoms with Crippen molar-refractivity contribution >= 4 is 29.0 Å². The molecular formula is C40H53N9O4. The van der Waals surface area contributed by atoms with Crippen LogP contribution < -0.4 is 30.3 Å². The molecule has 2 aromatic heterocycles. The zero-order valence-corrected chi connectivity index (χ0v) is 31.4. The van der Waals surface area contributed by atoms with Crippen molar-refractivity contribution in [1.29, 1.82) is 5.41 Å². The molecule has 2 aromatic carbocycles. The molecule has 0 unspecified atom stereocenters. The summed E-state index contributed by atoms with van der Waals surface area (Å²) in [5, 5.41) is 36.9. The Balaban J connectivity index is 1.16. The number of benzene rings is 2. The number of likely N-dealkylation sites (N-methyl/N-ethyl adjacent to an activating group) is 1. The molecule has 2 amide bonds. The molecule has 0 spiro atoms. The zero-order valence-electron chi connectivity index (χ0n) is 31.4. The molecule has 4 aromatic rings. The summed E-state index contributed by atoms with van der Waals surface area (Å²) in [7, 11) is 3.98. The summed E-state index contributed by atoms with van der Waals surface area (Å²) in [4.78, 5) is 18.0. The van der Waals surface area contributed by atoms with E-state index in [0.717, 1.165) is 54.4 Å². The highest BCUT2D eigenvalue weighted by molar-refractivity contribution is 5.98. The number of nitrogens with one attached hydrogen (secondary N) is 4. The highest BCUT2D eigenvalue weighted by atomic mass is 16.5. The van der Waals surface area contributed by atoms with Crippen LogP contribution in [0.15, 0.2) is 78.8 Å². The fourth-order valence-corrected chi connectivity index (χ4v) is 6.72. The van der Waals surface area contributed by atoms with E-state index < -0.39 is 11.4 Å². The monoisotopic (exact) mass is 723 g/mol. The third kappa shape index (κ3) is 9.27. The van der Waals surface area contributed by atoms with Crippen molar-refractivity contribution in [3.63, 3.8) is 0 Å². The van der Waals surface area contributed by atoms with Crippen LogP contribution in [0.3, 0.4) is 0 Å². The van der Waals surface area contributed by atoms with Gasteiger partial charge in [-0.15, -0.1) is 10.2 Å². The standard InChI is InChI=1S/C40H53N9O4/c1-27-11-8-9-20-48(27)39-46-45-37-19-16-30(25-49(37)39)53-34-18-17-33(31-14-6-7-15-32(31)34)43-38(51)44-36(24-35(41)40(2,3)26-50)42-28-12-10-13-29(23-28)52-22-21-47(4)5/h6-7,10,12-16,19,23-25,27,33-34,41-42,50H,8-9,11,17-18,20-22,26H2,1-5H3,(H2,43,44,51)/b36-24+,41-35?/t27-,33-,34+/m0/s1. The van der Waals surface area contributed by atoms with Gasteiger partial charge in [0.1, 0.15) is 30.0 Å². The highest BCUT2D eigenvalue weighted by Crippen LogP contribution is 2.39. The smallest absolute Gasteiger partial charge is 0.320 e. The third-order valence-corrected chi connectivity index (χ3v) is 10.0. The number of hydrogen-bond acceptors (Lipinski definition) is 10. The van der Waals surface area contributed by atoms with E-state index in [1.54, 1.807) is 13.8 Å². The summed E-state index contributed by atoms with van der Waals surface area (Å²) in [5.41, 5.74) is 2.81. The van der Waals surface area contributed by atoms with Gasteiger partial charge in [-0.1, -0.05) is 44.2 Å². The van der Waals surface area contributed by atoms with E-state index in [1.165, 1.54) is 12.5 Å². The Kier molecular flexibility index (Phi) is 11.8. The Bertz CT molecular complexity index is 1920.